The Morgan fingerprint density at radius 1 is 0.839 bits per heavy atom. The van der Waals surface area contributed by atoms with E-state index in [1.807, 2.05) is 6.07 Å². The summed E-state index contributed by atoms with van der Waals surface area (Å²) in [5, 5.41) is 2.39. The second kappa shape index (κ2) is 6.84. The molecule has 0 unspecified atom stereocenters. The van der Waals surface area contributed by atoms with Gasteiger partial charge in [-0.15, -0.1) is 0 Å². The van der Waals surface area contributed by atoms with E-state index in [2.05, 4.69) is 100.0 Å². The van der Waals surface area contributed by atoms with Crippen molar-refractivity contribution < 1.29 is 4.74 Å². The number of aryl methyl sites for hydroxylation is 3. The monoisotopic (exact) mass is 408 g/mol. The molecule has 0 aliphatic carbocycles. The molecule has 3 nitrogen and oxygen atoms in total. The van der Waals surface area contributed by atoms with Crippen molar-refractivity contribution in [2.24, 2.45) is 0 Å². The predicted molar refractivity (Wildman–Crippen MR) is 129 cm³/mol. The van der Waals surface area contributed by atoms with Crippen molar-refractivity contribution >= 4 is 27.8 Å². The van der Waals surface area contributed by atoms with Crippen LogP contribution in [-0.4, -0.2) is 4.98 Å². The van der Waals surface area contributed by atoms with Gasteiger partial charge >= 0.3 is 0 Å². The molecule has 0 N–H and O–H groups in total. The molecule has 0 bridgehead atoms. The lowest BCUT2D eigenvalue weighted by Gasteiger charge is -2.35. The third-order valence-corrected chi connectivity index (χ3v) is 6.11. The summed E-state index contributed by atoms with van der Waals surface area (Å²) >= 11 is 0. The second-order valence-corrected chi connectivity index (χ2v) is 9.61. The highest BCUT2D eigenvalue weighted by Gasteiger charge is 2.31. The van der Waals surface area contributed by atoms with Crippen LogP contribution in [0.25, 0.3) is 10.8 Å². The zero-order valence-corrected chi connectivity index (χ0v) is 19.1. The molecule has 2 heterocycles. The molecule has 0 atom stereocenters. The second-order valence-electron chi connectivity index (χ2n) is 9.61. The number of aromatic nitrogens is 1. The Labute approximate surface area is 184 Å². The molecule has 0 spiro atoms. The third kappa shape index (κ3) is 3.16. The minimum Gasteiger partial charge on any atom is -0.435 e. The fraction of sp³-hybridized carbons (Fsp3) is 0.250. The first-order valence-corrected chi connectivity index (χ1v) is 10.8. The summed E-state index contributed by atoms with van der Waals surface area (Å²) in [5.41, 5.74) is 8.43. The van der Waals surface area contributed by atoms with Crippen LogP contribution < -0.4 is 9.64 Å². The fourth-order valence-corrected chi connectivity index (χ4v) is 4.56. The number of nitrogens with zero attached hydrogens (tertiary/aromatic N) is 2. The van der Waals surface area contributed by atoms with Crippen molar-refractivity contribution in [1.29, 1.82) is 0 Å². The van der Waals surface area contributed by atoms with E-state index in [0.29, 0.717) is 5.88 Å². The maximum absolute atomic E-state index is 6.27. The fourth-order valence-electron chi connectivity index (χ4n) is 4.56. The molecule has 1 aliphatic rings. The van der Waals surface area contributed by atoms with Gasteiger partial charge in [-0.25, -0.2) is 4.98 Å². The summed E-state index contributed by atoms with van der Waals surface area (Å²) in [6.45, 7) is 13.3. The number of hydrogen-bond acceptors (Lipinski definition) is 3. The van der Waals surface area contributed by atoms with E-state index in [4.69, 9.17) is 4.74 Å². The van der Waals surface area contributed by atoms with Crippen LogP contribution in [0.15, 0.2) is 60.8 Å². The molecule has 1 aromatic heterocycles. The molecule has 3 heteroatoms. The first-order chi connectivity index (χ1) is 14.7. The standard InChI is InChI=1S/C28H28N2O/c1-17-9-11-22-20(14-17)10-12-24-26(22)30(23-8-7-13-29-27(23)31-24)25-18(2)15-21(16-19(25)3)28(4,5)6/h7-16H,1-6H3. The molecule has 1 aliphatic heterocycles. The molecule has 5 rings (SSSR count). The molecule has 0 saturated heterocycles. The molecule has 0 fully saturated rings. The van der Waals surface area contributed by atoms with Crippen molar-refractivity contribution in [3.8, 4) is 11.6 Å². The van der Waals surface area contributed by atoms with E-state index in [0.717, 1.165) is 17.1 Å². The van der Waals surface area contributed by atoms with Crippen LogP contribution in [0.1, 0.15) is 43.0 Å². The molecule has 3 aromatic carbocycles. The summed E-state index contributed by atoms with van der Waals surface area (Å²) in [4.78, 5) is 6.88. The Balaban J connectivity index is 1.84. The van der Waals surface area contributed by atoms with Crippen molar-refractivity contribution in [3.63, 3.8) is 0 Å². The van der Waals surface area contributed by atoms with E-state index in [1.165, 1.54) is 38.7 Å². The average Bonchev–Trinajstić information content (AvgIpc) is 2.71. The van der Waals surface area contributed by atoms with Gasteiger partial charge in [0.15, 0.2) is 5.75 Å². The van der Waals surface area contributed by atoms with Crippen molar-refractivity contribution in [2.75, 3.05) is 4.90 Å². The van der Waals surface area contributed by atoms with Crippen LogP contribution in [-0.2, 0) is 5.41 Å². The van der Waals surface area contributed by atoms with Crippen LogP contribution in [0.4, 0.5) is 17.1 Å². The maximum atomic E-state index is 6.27. The van der Waals surface area contributed by atoms with Gasteiger partial charge < -0.3 is 9.64 Å². The lowest BCUT2D eigenvalue weighted by molar-refractivity contribution is 0.458. The van der Waals surface area contributed by atoms with Gasteiger partial charge in [-0.3, -0.25) is 0 Å². The summed E-state index contributed by atoms with van der Waals surface area (Å²) in [7, 11) is 0. The predicted octanol–water partition coefficient (Wildman–Crippen LogP) is 8.03. The number of anilines is 3. The minimum atomic E-state index is 0.0979. The van der Waals surface area contributed by atoms with Gasteiger partial charge in [-0.1, -0.05) is 62.7 Å². The number of hydrogen-bond donors (Lipinski definition) is 0. The van der Waals surface area contributed by atoms with E-state index in [-0.39, 0.29) is 5.41 Å². The molecule has 0 amide bonds. The van der Waals surface area contributed by atoms with Crippen LogP contribution in [0.5, 0.6) is 11.6 Å². The van der Waals surface area contributed by atoms with Gasteiger partial charge in [-0.2, -0.15) is 0 Å². The summed E-state index contributed by atoms with van der Waals surface area (Å²) in [5.74, 6) is 1.47. The Morgan fingerprint density at radius 3 is 2.29 bits per heavy atom. The largest absolute Gasteiger partial charge is 0.435 e. The highest BCUT2D eigenvalue weighted by Crippen LogP contribution is 2.53. The van der Waals surface area contributed by atoms with E-state index < -0.39 is 0 Å². The molecule has 4 aromatic rings. The Morgan fingerprint density at radius 2 is 1.58 bits per heavy atom. The molecule has 156 valence electrons. The topological polar surface area (TPSA) is 25.4 Å². The molecular weight excluding hydrogens is 380 g/mol. The number of fused-ring (bicyclic) bond motifs is 4. The first kappa shape index (κ1) is 19.6. The Bertz CT molecular complexity index is 1310. The zero-order chi connectivity index (χ0) is 21.9. The van der Waals surface area contributed by atoms with Gasteiger partial charge in [0.2, 0.25) is 5.88 Å². The lowest BCUT2D eigenvalue weighted by Crippen LogP contribution is -2.20. The van der Waals surface area contributed by atoms with Crippen molar-refractivity contribution in [3.05, 3.63) is 83.0 Å². The highest BCUT2D eigenvalue weighted by molar-refractivity contribution is 6.04. The van der Waals surface area contributed by atoms with E-state index >= 15 is 0 Å². The van der Waals surface area contributed by atoms with Crippen LogP contribution in [0.2, 0.25) is 0 Å². The normalized spacial score (nSPS) is 13.0. The highest BCUT2D eigenvalue weighted by atomic mass is 16.5. The third-order valence-electron chi connectivity index (χ3n) is 6.11. The maximum Gasteiger partial charge on any atom is 0.243 e. The quantitative estimate of drug-likeness (QED) is 0.281. The van der Waals surface area contributed by atoms with Crippen molar-refractivity contribution in [1.82, 2.24) is 4.98 Å². The SMILES string of the molecule is Cc1ccc2c3c(ccc2c1)Oc1ncccc1N3c1c(C)cc(C(C)(C)C)cc1C. The van der Waals surface area contributed by atoms with Gasteiger partial charge in [0, 0.05) is 11.6 Å². The molecule has 0 radical (unpaired) electrons. The Hall–Kier alpha value is -3.33. The van der Waals surface area contributed by atoms with Gasteiger partial charge in [0.05, 0.1) is 11.4 Å². The van der Waals surface area contributed by atoms with E-state index in [9.17, 15) is 0 Å². The molecule has 0 saturated carbocycles. The molecule has 31 heavy (non-hydrogen) atoms. The first-order valence-electron chi connectivity index (χ1n) is 10.8. The number of ether oxygens (including phenoxy) is 1. The summed E-state index contributed by atoms with van der Waals surface area (Å²) < 4.78 is 6.27. The lowest BCUT2D eigenvalue weighted by atomic mass is 9.84. The van der Waals surface area contributed by atoms with Crippen LogP contribution >= 0.6 is 0 Å². The van der Waals surface area contributed by atoms with Crippen LogP contribution in [0, 0.1) is 20.8 Å². The number of rotatable bonds is 1. The van der Waals surface area contributed by atoms with Gasteiger partial charge in [0.1, 0.15) is 5.69 Å². The van der Waals surface area contributed by atoms with Crippen molar-refractivity contribution in [2.45, 2.75) is 47.0 Å². The summed E-state index contributed by atoms with van der Waals surface area (Å²) in [6.07, 6.45) is 1.79. The average molecular weight is 409 g/mol. The number of benzene rings is 3. The smallest absolute Gasteiger partial charge is 0.243 e. The number of pyridine rings is 1. The Kier molecular flexibility index (Phi) is 4.33. The van der Waals surface area contributed by atoms with Gasteiger partial charge in [0.25, 0.3) is 0 Å². The minimum absolute atomic E-state index is 0.0979. The molecular formula is C28H28N2O. The van der Waals surface area contributed by atoms with Gasteiger partial charge in [-0.05, 0) is 66.5 Å². The zero-order valence-electron chi connectivity index (χ0n) is 19.1. The summed E-state index contributed by atoms with van der Waals surface area (Å²) in [6, 6.07) is 19.5. The van der Waals surface area contributed by atoms with Crippen LogP contribution in [0.3, 0.4) is 0 Å². The van der Waals surface area contributed by atoms with E-state index in [1.54, 1.807) is 6.20 Å².